The van der Waals surface area contributed by atoms with E-state index in [9.17, 15) is 18.4 Å². The standard InChI is InChI=1S/C22H26F2N4O2/c23-16-6-7-18(19(24)14-16)22(30)27-12-9-15(10-13-27)21(29)26-20-8-11-25-28(20)17-4-2-1-3-5-17/h6-8,11,14-15,17H,1-5,9-10,12-13H2,(H,26,29). The van der Waals surface area contributed by atoms with Crippen molar-refractivity contribution >= 4 is 17.6 Å². The van der Waals surface area contributed by atoms with Crippen LogP contribution in [0.25, 0.3) is 0 Å². The highest BCUT2D eigenvalue weighted by Crippen LogP contribution is 2.30. The number of amides is 2. The molecule has 1 aliphatic heterocycles. The quantitative estimate of drug-likeness (QED) is 0.814. The van der Waals surface area contributed by atoms with Gasteiger partial charge < -0.3 is 10.2 Å². The molecule has 2 aromatic rings. The summed E-state index contributed by atoms with van der Waals surface area (Å²) in [5, 5.41) is 7.41. The Morgan fingerprint density at radius 2 is 1.73 bits per heavy atom. The summed E-state index contributed by atoms with van der Waals surface area (Å²) in [7, 11) is 0. The van der Waals surface area contributed by atoms with Crippen LogP contribution in [-0.2, 0) is 4.79 Å². The van der Waals surface area contributed by atoms with Crippen LogP contribution < -0.4 is 5.32 Å². The summed E-state index contributed by atoms with van der Waals surface area (Å²) in [5.41, 5.74) is -0.143. The molecule has 1 N–H and O–H groups in total. The fourth-order valence-electron chi connectivity index (χ4n) is 4.44. The second-order valence-electron chi connectivity index (χ2n) is 8.13. The SMILES string of the molecule is O=C(Nc1ccnn1C1CCCCC1)C1CCN(C(=O)c2ccc(F)cc2F)CC1. The number of aromatic nitrogens is 2. The normalized spacial score (nSPS) is 18.4. The van der Waals surface area contributed by atoms with Gasteiger partial charge in [-0.05, 0) is 37.8 Å². The molecule has 2 aliphatic rings. The first-order valence-electron chi connectivity index (χ1n) is 10.6. The molecule has 160 valence electrons. The molecule has 4 rings (SSSR count). The van der Waals surface area contributed by atoms with Gasteiger partial charge in [-0.1, -0.05) is 19.3 Å². The lowest BCUT2D eigenvalue weighted by atomic mass is 9.95. The molecule has 1 aromatic heterocycles. The number of hydrogen-bond donors (Lipinski definition) is 1. The maximum Gasteiger partial charge on any atom is 0.256 e. The minimum atomic E-state index is -0.865. The maximum absolute atomic E-state index is 13.9. The predicted octanol–water partition coefficient (Wildman–Crippen LogP) is 4.16. The van der Waals surface area contributed by atoms with Crippen molar-refractivity contribution in [2.75, 3.05) is 18.4 Å². The number of carbonyl (C=O) groups is 2. The number of likely N-dealkylation sites (tertiary alicyclic amines) is 1. The van der Waals surface area contributed by atoms with Gasteiger partial charge in [0, 0.05) is 31.1 Å². The zero-order valence-corrected chi connectivity index (χ0v) is 16.8. The molecule has 2 heterocycles. The first-order valence-corrected chi connectivity index (χ1v) is 10.6. The van der Waals surface area contributed by atoms with Crippen molar-refractivity contribution in [2.24, 2.45) is 5.92 Å². The van der Waals surface area contributed by atoms with Gasteiger partial charge >= 0.3 is 0 Å². The third-order valence-corrected chi connectivity index (χ3v) is 6.16. The van der Waals surface area contributed by atoms with Gasteiger partial charge in [-0.15, -0.1) is 0 Å². The monoisotopic (exact) mass is 416 g/mol. The van der Waals surface area contributed by atoms with Gasteiger partial charge in [0.1, 0.15) is 17.5 Å². The smallest absolute Gasteiger partial charge is 0.256 e. The van der Waals surface area contributed by atoms with E-state index < -0.39 is 17.5 Å². The number of nitrogens with one attached hydrogen (secondary N) is 1. The zero-order valence-electron chi connectivity index (χ0n) is 16.8. The van der Waals surface area contributed by atoms with Gasteiger partial charge in [-0.25, -0.2) is 13.5 Å². The maximum atomic E-state index is 13.9. The van der Waals surface area contributed by atoms with Crippen LogP contribution >= 0.6 is 0 Å². The van der Waals surface area contributed by atoms with Crippen molar-refractivity contribution in [3.63, 3.8) is 0 Å². The molecular weight excluding hydrogens is 390 g/mol. The summed E-state index contributed by atoms with van der Waals surface area (Å²) in [6.45, 7) is 0.714. The summed E-state index contributed by atoms with van der Waals surface area (Å²) in [6.07, 6.45) is 8.46. The molecule has 0 atom stereocenters. The van der Waals surface area contributed by atoms with E-state index >= 15 is 0 Å². The number of piperidine rings is 1. The van der Waals surface area contributed by atoms with E-state index in [0.717, 1.165) is 30.8 Å². The molecule has 0 radical (unpaired) electrons. The Morgan fingerprint density at radius 1 is 1.00 bits per heavy atom. The Bertz CT molecular complexity index is 916. The molecule has 1 aliphatic carbocycles. The highest BCUT2D eigenvalue weighted by molar-refractivity contribution is 5.95. The summed E-state index contributed by atoms with van der Waals surface area (Å²) in [6, 6.07) is 5.10. The van der Waals surface area contributed by atoms with Crippen molar-refractivity contribution in [3.8, 4) is 0 Å². The van der Waals surface area contributed by atoms with Crippen LogP contribution in [0.15, 0.2) is 30.5 Å². The molecule has 1 saturated carbocycles. The highest BCUT2D eigenvalue weighted by Gasteiger charge is 2.30. The molecule has 1 saturated heterocycles. The van der Waals surface area contributed by atoms with Crippen molar-refractivity contribution in [1.29, 1.82) is 0 Å². The molecule has 6 nitrogen and oxygen atoms in total. The fraction of sp³-hybridized carbons (Fsp3) is 0.500. The topological polar surface area (TPSA) is 67.2 Å². The first kappa shape index (κ1) is 20.5. The highest BCUT2D eigenvalue weighted by atomic mass is 19.1. The van der Waals surface area contributed by atoms with E-state index in [1.165, 1.54) is 24.2 Å². The molecule has 8 heteroatoms. The molecule has 0 bridgehead atoms. The summed E-state index contributed by atoms with van der Waals surface area (Å²) < 4.78 is 28.9. The number of carbonyl (C=O) groups excluding carboxylic acids is 2. The van der Waals surface area contributed by atoms with E-state index in [1.54, 1.807) is 6.20 Å². The number of hydrogen-bond acceptors (Lipinski definition) is 3. The van der Waals surface area contributed by atoms with E-state index in [-0.39, 0.29) is 17.4 Å². The summed E-state index contributed by atoms with van der Waals surface area (Å²) >= 11 is 0. The average molecular weight is 416 g/mol. The lowest BCUT2D eigenvalue weighted by Gasteiger charge is -2.31. The minimum Gasteiger partial charge on any atom is -0.339 e. The predicted molar refractivity (Wildman–Crippen MR) is 108 cm³/mol. The lowest BCUT2D eigenvalue weighted by molar-refractivity contribution is -0.121. The van der Waals surface area contributed by atoms with Crippen molar-refractivity contribution < 1.29 is 18.4 Å². The fourth-order valence-corrected chi connectivity index (χ4v) is 4.44. The number of halogens is 2. The number of benzene rings is 1. The van der Waals surface area contributed by atoms with Crippen LogP contribution in [0.4, 0.5) is 14.6 Å². The number of nitrogens with zero attached hydrogens (tertiary/aromatic N) is 3. The Kier molecular flexibility index (Phi) is 6.11. The van der Waals surface area contributed by atoms with Gasteiger partial charge in [0.05, 0.1) is 17.8 Å². The molecule has 0 unspecified atom stereocenters. The lowest BCUT2D eigenvalue weighted by Crippen LogP contribution is -2.42. The van der Waals surface area contributed by atoms with E-state index in [1.807, 2.05) is 10.7 Å². The van der Waals surface area contributed by atoms with Gasteiger partial charge in [0.25, 0.3) is 5.91 Å². The van der Waals surface area contributed by atoms with Crippen molar-refractivity contribution in [1.82, 2.24) is 14.7 Å². The van der Waals surface area contributed by atoms with Crippen LogP contribution in [0.1, 0.15) is 61.3 Å². The van der Waals surface area contributed by atoms with Crippen LogP contribution in [-0.4, -0.2) is 39.6 Å². The molecule has 2 fully saturated rings. The molecule has 0 spiro atoms. The second kappa shape index (κ2) is 8.93. The molecule has 1 aromatic carbocycles. The van der Waals surface area contributed by atoms with E-state index in [0.29, 0.717) is 38.0 Å². The van der Waals surface area contributed by atoms with Gasteiger partial charge in [-0.3, -0.25) is 9.59 Å². The second-order valence-corrected chi connectivity index (χ2v) is 8.13. The van der Waals surface area contributed by atoms with Crippen LogP contribution in [0.2, 0.25) is 0 Å². The van der Waals surface area contributed by atoms with Gasteiger partial charge in [0.2, 0.25) is 5.91 Å². The van der Waals surface area contributed by atoms with E-state index in [2.05, 4.69) is 10.4 Å². The van der Waals surface area contributed by atoms with Crippen molar-refractivity contribution in [3.05, 3.63) is 47.7 Å². The Labute approximate surface area is 174 Å². The number of anilines is 1. The average Bonchev–Trinajstić information content (AvgIpc) is 3.22. The molecular formula is C22H26F2N4O2. The van der Waals surface area contributed by atoms with Crippen LogP contribution in [0, 0.1) is 17.6 Å². The Morgan fingerprint density at radius 3 is 2.43 bits per heavy atom. The first-order chi connectivity index (χ1) is 14.5. The number of rotatable bonds is 4. The third-order valence-electron chi connectivity index (χ3n) is 6.16. The zero-order chi connectivity index (χ0) is 21.1. The summed E-state index contributed by atoms with van der Waals surface area (Å²) in [5.74, 6) is -1.63. The van der Waals surface area contributed by atoms with Crippen LogP contribution in [0.3, 0.4) is 0 Å². The third kappa shape index (κ3) is 4.37. The summed E-state index contributed by atoms with van der Waals surface area (Å²) in [4.78, 5) is 26.8. The van der Waals surface area contributed by atoms with Crippen LogP contribution in [0.5, 0.6) is 0 Å². The largest absolute Gasteiger partial charge is 0.339 e. The Hall–Kier alpha value is -2.77. The van der Waals surface area contributed by atoms with Gasteiger partial charge in [0.15, 0.2) is 0 Å². The molecule has 30 heavy (non-hydrogen) atoms. The van der Waals surface area contributed by atoms with Gasteiger partial charge in [-0.2, -0.15) is 5.10 Å². The van der Waals surface area contributed by atoms with Crippen molar-refractivity contribution in [2.45, 2.75) is 51.0 Å². The Balaban J connectivity index is 1.34. The van der Waals surface area contributed by atoms with E-state index in [4.69, 9.17) is 0 Å². The minimum absolute atomic E-state index is 0.0763. The molecule has 2 amide bonds.